The Bertz CT molecular complexity index is 464. The summed E-state index contributed by atoms with van der Waals surface area (Å²) in [5.41, 5.74) is 7.17. The number of thiocarbonyl (C=S) groups is 1. The van der Waals surface area contributed by atoms with Crippen LogP contribution in [0.15, 0.2) is 6.07 Å². The Balaban J connectivity index is 2.12. The highest BCUT2D eigenvalue weighted by Crippen LogP contribution is 2.31. The molecular formula is C13H20N4S2. The molecule has 0 amide bonds. The van der Waals surface area contributed by atoms with Gasteiger partial charge in [-0.2, -0.15) is 11.8 Å². The predicted octanol–water partition coefficient (Wildman–Crippen LogP) is 2.51. The van der Waals surface area contributed by atoms with Crippen LogP contribution in [0.1, 0.15) is 37.6 Å². The van der Waals surface area contributed by atoms with Gasteiger partial charge in [0, 0.05) is 17.0 Å². The van der Waals surface area contributed by atoms with Crippen LogP contribution in [-0.2, 0) is 0 Å². The first-order valence-corrected chi connectivity index (χ1v) is 8.09. The second kappa shape index (κ2) is 6.52. The molecule has 4 nitrogen and oxygen atoms in total. The highest BCUT2D eigenvalue weighted by Gasteiger charge is 2.27. The molecule has 0 aliphatic heterocycles. The molecule has 2 atom stereocenters. The predicted molar refractivity (Wildman–Crippen MR) is 85.8 cm³/mol. The topological polar surface area (TPSA) is 63.8 Å². The standard InChI is InChI=1S/C13H20N4S2/c1-3-19-11-6-4-5-9(11)16-13-15-8(2)7-10(17-13)12(14)18/h7,9,11H,3-6H2,1-2H3,(H2,14,18)(H,15,16,17). The van der Waals surface area contributed by atoms with Gasteiger partial charge in [0.15, 0.2) is 0 Å². The third-order valence-corrected chi connectivity index (χ3v) is 4.79. The number of hydrogen-bond acceptors (Lipinski definition) is 5. The quantitative estimate of drug-likeness (QED) is 0.814. The molecule has 0 saturated heterocycles. The molecule has 0 aromatic carbocycles. The minimum absolute atomic E-state index is 0.319. The van der Waals surface area contributed by atoms with Crippen LogP contribution in [-0.4, -0.2) is 32.0 Å². The molecule has 6 heteroatoms. The van der Waals surface area contributed by atoms with E-state index in [2.05, 4.69) is 22.2 Å². The summed E-state index contributed by atoms with van der Waals surface area (Å²) in [6, 6.07) is 2.27. The van der Waals surface area contributed by atoms with E-state index in [1.807, 2.05) is 24.8 Å². The maximum Gasteiger partial charge on any atom is 0.223 e. The van der Waals surface area contributed by atoms with Gasteiger partial charge in [-0.05, 0) is 31.6 Å². The van der Waals surface area contributed by atoms with Crippen molar-refractivity contribution in [1.29, 1.82) is 0 Å². The number of rotatable bonds is 5. The summed E-state index contributed by atoms with van der Waals surface area (Å²) in [6.07, 6.45) is 3.71. The largest absolute Gasteiger partial charge is 0.388 e. The van der Waals surface area contributed by atoms with E-state index in [4.69, 9.17) is 18.0 Å². The summed E-state index contributed by atoms with van der Waals surface area (Å²) in [5, 5.41) is 4.11. The molecule has 1 aromatic rings. The second-order valence-corrected chi connectivity index (χ2v) is 6.71. The lowest BCUT2D eigenvalue weighted by Gasteiger charge is -2.20. The lowest BCUT2D eigenvalue weighted by Crippen LogP contribution is -2.28. The van der Waals surface area contributed by atoms with Crippen LogP contribution in [0.25, 0.3) is 0 Å². The third kappa shape index (κ3) is 3.79. The van der Waals surface area contributed by atoms with E-state index in [1.165, 1.54) is 19.3 Å². The summed E-state index contributed by atoms with van der Waals surface area (Å²) in [7, 11) is 0. The van der Waals surface area contributed by atoms with E-state index in [9.17, 15) is 0 Å². The van der Waals surface area contributed by atoms with E-state index in [1.54, 1.807) is 0 Å². The lowest BCUT2D eigenvalue weighted by atomic mass is 10.2. The molecule has 19 heavy (non-hydrogen) atoms. The molecule has 1 fully saturated rings. The van der Waals surface area contributed by atoms with Crippen molar-refractivity contribution in [3.8, 4) is 0 Å². The second-order valence-electron chi connectivity index (χ2n) is 4.76. The van der Waals surface area contributed by atoms with Crippen LogP contribution in [0.5, 0.6) is 0 Å². The summed E-state index contributed by atoms with van der Waals surface area (Å²) in [4.78, 5) is 9.14. The van der Waals surface area contributed by atoms with Crippen LogP contribution in [0.2, 0.25) is 0 Å². The van der Waals surface area contributed by atoms with Crippen molar-refractivity contribution >= 4 is 34.9 Å². The fourth-order valence-corrected chi connectivity index (χ4v) is 3.73. The third-order valence-electron chi connectivity index (χ3n) is 3.25. The van der Waals surface area contributed by atoms with E-state index in [0.29, 0.717) is 27.9 Å². The minimum atomic E-state index is 0.319. The number of hydrogen-bond donors (Lipinski definition) is 2. The molecule has 0 bridgehead atoms. The number of nitrogens with two attached hydrogens (primary N) is 1. The Kier molecular flexibility index (Phi) is 4.99. The summed E-state index contributed by atoms with van der Waals surface area (Å²) in [6.45, 7) is 4.13. The Hall–Kier alpha value is -0.880. The first kappa shape index (κ1) is 14.5. The van der Waals surface area contributed by atoms with Gasteiger partial charge >= 0.3 is 0 Å². The molecule has 1 aliphatic rings. The highest BCUT2D eigenvalue weighted by atomic mass is 32.2. The van der Waals surface area contributed by atoms with Crippen LogP contribution < -0.4 is 11.1 Å². The molecule has 2 rings (SSSR count). The number of anilines is 1. The van der Waals surface area contributed by atoms with Gasteiger partial charge in [0.1, 0.15) is 10.7 Å². The molecule has 1 aromatic heterocycles. The van der Waals surface area contributed by atoms with E-state index < -0.39 is 0 Å². The first-order valence-electron chi connectivity index (χ1n) is 6.63. The van der Waals surface area contributed by atoms with Crippen molar-refractivity contribution in [1.82, 2.24) is 9.97 Å². The Labute approximate surface area is 124 Å². The van der Waals surface area contributed by atoms with E-state index in [0.717, 1.165) is 11.4 Å². The SMILES string of the molecule is CCSC1CCCC1Nc1nc(C)cc(C(N)=S)n1. The van der Waals surface area contributed by atoms with Gasteiger partial charge in [-0.15, -0.1) is 0 Å². The Morgan fingerprint density at radius 3 is 3.00 bits per heavy atom. The number of nitrogens with one attached hydrogen (secondary N) is 1. The molecule has 104 valence electrons. The maximum atomic E-state index is 5.64. The van der Waals surface area contributed by atoms with Crippen LogP contribution >= 0.6 is 24.0 Å². The van der Waals surface area contributed by atoms with E-state index in [-0.39, 0.29) is 0 Å². The van der Waals surface area contributed by atoms with Gasteiger partial charge < -0.3 is 11.1 Å². The van der Waals surface area contributed by atoms with Crippen molar-refractivity contribution in [3.63, 3.8) is 0 Å². The molecule has 2 unspecified atom stereocenters. The number of aromatic nitrogens is 2. The number of thioether (sulfide) groups is 1. The van der Waals surface area contributed by atoms with Gasteiger partial charge in [-0.25, -0.2) is 9.97 Å². The Morgan fingerprint density at radius 2 is 2.32 bits per heavy atom. The van der Waals surface area contributed by atoms with E-state index >= 15 is 0 Å². The van der Waals surface area contributed by atoms with Gasteiger partial charge in [0.25, 0.3) is 0 Å². The zero-order valence-electron chi connectivity index (χ0n) is 11.3. The molecule has 0 radical (unpaired) electrons. The van der Waals surface area contributed by atoms with Crippen molar-refractivity contribution in [2.75, 3.05) is 11.1 Å². The first-order chi connectivity index (χ1) is 9.10. The van der Waals surface area contributed by atoms with Gasteiger partial charge in [0.05, 0.1) is 0 Å². The number of aryl methyl sites for hydroxylation is 1. The molecule has 1 saturated carbocycles. The average molecular weight is 296 g/mol. The molecule has 1 aliphatic carbocycles. The molecule has 1 heterocycles. The van der Waals surface area contributed by atoms with Crippen LogP contribution in [0.4, 0.5) is 5.95 Å². The van der Waals surface area contributed by atoms with Crippen molar-refractivity contribution in [2.24, 2.45) is 5.73 Å². The minimum Gasteiger partial charge on any atom is -0.388 e. The average Bonchev–Trinajstić information content (AvgIpc) is 2.76. The molecular weight excluding hydrogens is 276 g/mol. The van der Waals surface area contributed by atoms with Crippen LogP contribution in [0.3, 0.4) is 0 Å². The van der Waals surface area contributed by atoms with Crippen molar-refractivity contribution < 1.29 is 0 Å². The fourth-order valence-electron chi connectivity index (χ4n) is 2.43. The van der Waals surface area contributed by atoms with Gasteiger partial charge in [-0.3, -0.25) is 0 Å². The Morgan fingerprint density at radius 1 is 1.53 bits per heavy atom. The van der Waals surface area contributed by atoms with Crippen LogP contribution in [0, 0.1) is 6.92 Å². The lowest BCUT2D eigenvalue weighted by molar-refractivity contribution is 0.754. The van der Waals surface area contributed by atoms with Crippen molar-refractivity contribution in [3.05, 3.63) is 17.5 Å². The number of nitrogens with zero attached hydrogens (tertiary/aromatic N) is 2. The summed E-state index contributed by atoms with van der Waals surface area (Å²) >= 11 is 7.00. The monoisotopic (exact) mass is 296 g/mol. The zero-order chi connectivity index (χ0) is 13.8. The summed E-state index contributed by atoms with van der Waals surface area (Å²) in [5.74, 6) is 1.80. The normalized spacial score (nSPS) is 22.4. The maximum absolute atomic E-state index is 5.64. The fraction of sp³-hybridized carbons (Fsp3) is 0.615. The van der Waals surface area contributed by atoms with Crippen molar-refractivity contribution in [2.45, 2.75) is 44.4 Å². The summed E-state index contributed by atoms with van der Waals surface area (Å²) < 4.78 is 0. The highest BCUT2D eigenvalue weighted by molar-refractivity contribution is 7.99. The molecule has 3 N–H and O–H groups in total. The van der Waals surface area contributed by atoms with Gasteiger partial charge in [-0.1, -0.05) is 25.6 Å². The zero-order valence-corrected chi connectivity index (χ0v) is 13.0. The van der Waals surface area contributed by atoms with Gasteiger partial charge in [0.2, 0.25) is 5.95 Å². The molecule has 0 spiro atoms. The smallest absolute Gasteiger partial charge is 0.223 e.